The fourth-order valence-corrected chi connectivity index (χ4v) is 6.51. The Hall–Kier alpha value is -3.91. The monoisotopic (exact) mass is 584 g/mol. The minimum atomic E-state index is -2.72. The summed E-state index contributed by atoms with van der Waals surface area (Å²) >= 11 is 0. The molecule has 3 amide bonds. The lowest BCUT2D eigenvalue weighted by Crippen LogP contribution is -2.81. The van der Waals surface area contributed by atoms with Crippen LogP contribution in [0.4, 0.5) is 0 Å². The molecule has 1 unspecified atom stereocenters. The van der Waals surface area contributed by atoms with E-state index in [0.29, 0.717) is 11.1 Å². The van der Waals surface area contributed by atoms with E-state index >= 15 is 0 Å². The van der Waals surface area contributed by atoms with Crippen LogP contribution in [0.3, 0.4) is 0 Å². The van der Waals surface area contributed by atoms with Gasteiger partial charge in [0.05, 0.1) is 18.6 Å². The van der Waals surface area contributed by atoms with E-state index in [2.05, 4.69) is 21.3 Å². The Morgan fingerprint density at radius 1 is 1.02 bits per heavy atom. The molecule has 9 N–H and O–H groups in total. The van der Waals surface area contributed by atoms with Gasteiger partial charge in [-0.15, -0.1) is 0 Å². The number of hydrogen-bond donors (Lipinski definition) is 9. The van der Waals surface area contributed by atoms with Gasteiger partial charge in [0.25, 0.3) is 5.91 Å². The number of carbonyl (C=O) groups is 3. The first-order valence-electron chi connectivity index (χ1n) is 14.0. The Labute approximate surface area is 243 Å². The largest absolute Gasteiger partial charge is 0.507 e. The van der Waals surface area contributed by atoms with Crippen LogP contribution < -0.4 is 21.3 Å². The first kappa shape index (κ1) is 29.6. The number of amides is 3. The molecule has 228 valence electrons. The zero-order chi connectivity index (χ0) is 31.2. The van der Waals surface area contributed by atoms with E-state index in [9.17, 15) is 29.7 Å². The summed E-state index contributed by atoms with van der Waals surface area (Å²) in [5.41, 5.74) is -1.51. The lowest BCUT2D eigenvalue weighted by Gasteiger charge is -2.51. The molecule has 4 aliphatic rings. The van der Waals surface area contributed by atoms with Gasteiger partial charge in [-0.2, -0.15) is 0 Å². The SMILES string of the molecule is CC(C)(C)c1cc(C(=O)NC2CN3C(=N)N[C@@H](CN4C(=O)CCC4=O)[C@@H]4NC(=N)N[C@@]43C2(O)O)cc(C(C)(C)C)c1O. The topological polar surface area (TPSA) is 214 Å². The number of phenolic OH excluding ortho intramolecular Hbond substituents is 1. The molecule has 0 aromatic heterocycles. The number of aliphatic hydroxyl groups is 2. The second-order valence-electron chi connectivity index (χ2n) is 13.7. The van der Waals surface area contributed by atoms with E-state index in [1.807, 2.05) is 41.5 Å². The van der Waals surface area contributed by atoms with Crippen molar-refractivity contribution in [3.63, 3.8) is 0 Å². The Balaban J connectivity index is 1.48. The molecular weight excluding hydrogens is 544 g/mol. The summed E-state index contributed by atoms with van der Waals surface area (Å²) in [4.78, 5) is 40.8. The average molecular weight is 585 g/mol. The van der Waals surface area contributed by atoms with E-state index in [0.717, 1.165) is 4.90 Å². The number of nitrogens with one attached hydrogen (secondary N) is 6. The molecule has 1 aromatic rings. The van der Waals surface area contributed by atoms with Crippen LogP contribution in [-0.4, -0.2) is 97.4 Å². The van der Waals surface area contributed by atoms with E-state index in [-0.39, 0.29) is 61.0 Å². The van der Waals surface area contributed by atoms with Crippen molar-refractivity contribution in [1.29, 1.82) is 10.8 Å². The van der Waals surface area contributed by atoms with Crippen LogP contribution in [0.5, 0.6) is 5.75 Å². The van der Waals surface area contributed by atoms with E-state index in [4.69, 9.17) is 10.8 Å². The van der Waals surface area contributed by atoms with Crippen molar-refractivity contribution in [2.45, 2.75) is 94.8 Å². The highest BCUT2D eigenvalue weighted by atomic mass is 16.5. The van der Waals surface area contributed by atoms with Crippen molar-refractivity contribution in [2.24, 2.45) is 0 Å². The quantitative estimate of drug-likeness (QED) is 0.161. The number of nitrogens with zero attached hydrogens (tertiary/aromatic N) is 2. The number of phenols is 1. The van der Waals surface area contributed by atoms with Gasteiger partial charge in [0.2, 0.25) is 17.6 Å². The van der Waals surface area contributed by atoms with E-state index in [1.165, 1.54) is 4.90 Å². The van der Waals surface area contributed by atoms with E-state index < -0.39 is 46.3 Å². The van der Waals surface area contributed by atoms with Gasteiger partial charge in [0.1, 0.15) is 11.8 Å². The van der Waals surface area contributed by atoms with Crippen LogP contribution in [0.2, 0.25) is 0 Å². The van der Waals surface area contributed by atoms with Gasteiger partial charge in [-0.25, -0.2) is 0 Å². The first-order chi connectivity index (χ1) is 19.3. The second-order valence-corrected chi connectivity index (χ2v) is 13.7. The predicted octanol–water partition coefficient (Wildman–Crippen LogP) is -0.670. The molecule has 4 fully saturated rings. The summed E-state index contributed by atoms with van der Waals surface area (Å²) < 4.78 is 0. The molecule has 14 nitrogen and oxygen atoms in total. The standard InChI is InChI=1S/C28H40N8O6/c1-25(2,3)14-9-13(10-15(20(14)39)26(4,5)6)22(40)32-17-12-36-24(30)31-16(11-35-18(37)7-8-19(35)38)21-27(36,28(17,41)42)34-23(29)33-21/h9-10,16-17,21,39,41-42H,7-8,11-12H2,1-6H3,(H2,30,31)(H,32,40)(H3,29,33,34)/t16-,17?,21-,27-/m0/s1. The van der Waals surface area contributed by atoms with Crippen molar-refractivity contribution < 1.29 is 29.7 Å². The Bertz CT molecular complexity index is 1340. The summed E-state index contributed by atoms with van der Waals surface area (Å²) in [7, 11) is 0. The Kier molecular flexibility index (Phi) is 6.55. The molecule has 0 aliphatic carbocycles. The maximum absolute atomic E-state index is 13.7. The van der Waals surface area contributed by atoms with Crippen molar-refractivity contribution in [3.05, 3.63) is 28.8 Å². The van der Waals surface area contributed by atoms with Gasteiger partial charge in [-0.05, 0) is 23.0 Å². The number of carbonyl (C=O) groups excluding carboxylic acids is 3. The fourth-order valence-electron chi connectivity index (χ4n) is 6.51. The molecule has 1 aromatic carbocycles. The molecule has 0 saturated carbocycles. The number of hydrogen-bond acceptors (Lipinski definition) is 8. The number of likely N-dealkylation sites (tertiary alicyclic amines) is 1. The van der Waals surface area contributed by atoms with Gasteiger partial charge in [-0.3, -0.25) is 30.1 Å². The highest BCUT2D eigenvalue weighted by molar-refractivity contribution is 6.02. The number of aromatic hydroxyl groups is 1. The lowest BCUT2D eigenvalue weighted by atomic mass is 9.78. The summed E-state index contributed by atoms with van der Waals surface area (Å²) in [6.07, 6.45) is 0.158. The minimum Gasteiger partial charge on any atom is -0.507 e. The average Bonchev–Trinajstić information content (AvgIpc) is 3.45. The molecule has 4 atom stereocenters. The summed E-state index contributed by atoms with van der Waals surface area (Å²) in [5.74, 6) is -4.41. The number of guanidine groups is 2. The second kappa shape index (κ2) is 9.30. The third kappa shape index (κ3) is 4.35. The van der Waals surface area contributed by atoms with Crippen LogP contribution >= 0.6 is 0 Å². The maximum atomic E-state index is 13.7. The van der Waals surface area contributed by atoms with Crippen molar-refractivity contribution in [2.75, 3.05) is 13.1 Å². The van der Waals surface area contributed by atoms with Crippen LogP contribution in [-0.2, 0) is 20.4 Å². The molecule has 0 bridgehead atoms. The van der Waals surface area contributed by atoms with Crippen molar-refractivity contribution in [3.8, 4) is 5.75 Å². The molecule has 4 heterocycles. The highest BCUT2D eigenvalue weighted by Crippen LogP contribution is 2.44. The molecule has 1 spiro atoms. The van der Waals surface area contributed by atoms with E-state index in [1.54, 1.807) is 12.1 Å². The smallest absolute Gasteiger partial charge is 0.251 e. The molecule has 4 saturated heterocycles. The fraction of sp³-hybridized carbons (Fsp3) is 0.607. The van der Waals surface area contributed by atoms with Crippen molar-refractivity contribution >= 4 is 29.6 Å². The van der Waals surface area contributed by atoms with Crippen LogP contribution in [0.1, 0.15) is 75.9 Å². The van der Waals surface area contributed by atoms with Gasteiger partial charge < -0.3 is 41.5 Å². The summed E-state index contributed by atoms with van der Waals surface area (Å²) in [6, 6.07) is 0.0339. The normalized spacial score (nSPS) is 28.7. The maximum Gasteiger partial charge on any atom is 0.251 e. The van der Waals surface area contributed by atoms with Gasteiger partial charge in [0.15, 0.2) is 17.6 Å². The van der Waals surface area contributed by atoms with Gasteiger partial charge >= 0.3 is 0 Å². The molecule has 14 heteroatoms. The molecule has 42 heavy (non-hydrogen) atoms. The zero-order valence-electron chi connectivity index (χ0n) is 24.7. The third-order valence-corrected chi connectivity index (χ3v) is 8.73. The predicted molar refractivity (Wildman–Crippen MR) is 152 cm³/mol. The zero-order valence-corrected chi connectivity index (χ0v) is 24.7. The van der Waals surface area contributed by atoms with Crippen LogP contribution in [0, 0.1) is 10.8 Å². The molecule has 5 rings (SSSR count). The third-order valence-electron chi connectivity index (χ3n) is 8.73. The first-order valence-corrected chi connectivity index (χ1v) is 14.0. The number of imide groups is 1. The summed E-state index contributed by atoms with van der Waals surface area (Å²) in [5, 5.41) is 62.8. The minimum absolute atomic E-state index is 0.0790. The lowest BCUT2D eigenvalue weighted by molar-refractivity contribution is -0.232. The van der Waals surface area contributed by atoms with Crippen LogP contribution in [0.25, 0.3) is 0 Å². The Morgan fingerprint density at radius 3 is 2.10 bits per heavy atom. The summed E-state index contributed by atoms with van der Waals surface area (Å²) in [6.45, 7) is 11.2. The molecular formula is C28H40N8O6. The highest BCUT2D eigenvalue weighted by Gasteiger charge is 2.74. The number of benzene rings is 1. The molecule has 4 aliphatic heterocycles. The van der Waals surface area contributed by atoms with Gasteiger partial charge in [0, 0.05) is 36.1 Å². The molecule has 0 radical (unpaired) electrons. The Morgan fingerprint density at radius 2 is 1.57 bits per heavy atom. The van der Waals surface area contributed by atoms with Gasteiger partial charge in [-0.1, -0.05) is 41.5 Å². The number of rotatable bonds is 4. The van der Waals surface area contributed by atoms with Crippen LogP contribution in [0.15, 0.2) is 12.1 Å². The van der Waals surface area contributed by atoms with Crippen molar-refractivity contribution in [1.82, 2.24) is 31.1 Å².